The van der Waals surface area contributed by atoms with Crippen LogP contribution in [-0.4, -0.2) is 28.0 Å². The van der Waals surface area contributed by atoms with E-state index in [-0.39, 0.29) is 6.09 Å². The zero-order chi connectivity index (χ0) is 15.5. The van der Waals surface area contributed by atoms with E-state index in [0.717, 1.165) is 23.9 Å². The number of aryl methyl sites for hydroxylation is 2. The van der Waals surface area contributed by atoms with Crippen molar-refractivity contribution in [2.45, 2.75) is 46.3 Å². The molecule has 21 heavy (non-hydrogen) atoms. The van der Waals surface area contributed by atoms with Crippen LogP contribution in [-0.2, 0) is 11.3 Å². The number of benzene rings is 1. The molecule has 0 saturated carbocycles. The van der Waals surface area contributed by atoms with Crippen LogP contribution in [0.1, 0.15) is 32.8 Å². The molecule has 0 aliphatic carbocycles. The summed E-state index contributed by atoms with van der Waals surface area (Å²) >= 11 is 0. The second-order valence-corrected chi connectivity index (χ2v) is 6.21. The van der Waals surface area contributed by atoms with Crippen LogP contribution in [0.2, 0.25) is 0 Å². The molecule has 0 bridgehead atoms. The fraction of sp³-hybridized carbons (Fsp3) is 0.500. The van der Waals surface area contributed by atoms with Crippen molar-refractivity contribution in [3.05, 3.63) is 30.0 Å². The molecule has 1 N–H and O–H groups in total. The molecular weight excluding hydrogens is 266 g/mol. The Morgan fingerprint density at radius 1 is 1.38 bits per heavy atom. The van der Waals surface area contributed by atoms with Gasteiger partial charge in [-0.25, -0.2) is 4.79 Å². The van der Waals surface area contributed by atoms with Crippen molar-refractivity contribution in [3.8, 4) is 0 Å². The molecule has 114 valence electrons. The number of carbonyl (C=O) groups excluding carboxylic acids is 1. The van der Waals surface area contributed by atoms with Gasteiger partial charge >= 0.3 is 6.09 Å². The van der Waals surface area contributed by atoms with Gasteiger partial charge in [0.05, 0.1) is 11.7 Å². The predicted molar refractivity (Wildman–Crippen MR) is 83.3 cm³/mol. The van der Waals surface area contributed by atoms with Crippen LogP contribution in [0.4, 0.5) is 4.79 Å². The molecular formula is C16H23N3O2. The number of aromatic nitrogens is 2. The molecule has 0 aliphatic heterocycles. The van der Waals surface area contributed by atoms with Crippen molar-refractivity contribution in [1.82, 2.24) is 15.1 Å². The normalized spacial score (nSPS) is 11.6. The number of carbonyl (C=O) groups is 1. The molecule has 1 amide bonds. The topological polar surface area (TPSA) is 56.2 Å². The highest BCUT2D eigenvalue weighted by Crippen LogP contribution is 2.15. The maximum Gasteiger partial charge on any atom is 0.407 e. The Morgan fingerprint density at radius 3 is 2.86 bits per heavy atom. The standard InChI is InChI=1S/C16H23N3O2/c1-12-6-7-14-13(10-12)11-18-19(14)9-5-8-17-15(20)21-16(2,3)4/h6-7,10-11H,5,8-9H2,1-4H3,(H,17,20). The van der Waals surface area contributed by atoms with E-state index >= 15 is 0 Å². The zero-order valence-electron chi connectivity index (χ0n) is 13.1. The average Bonchev–Trinajstić information content (AvgIpc) is 2.75. The van der Waals surface area contributed by atoms with Gasteiger partial charge in [0.25, 0.3) is 0 Å². The molecule has 1 heterocycles. The van der Waals surface area contributed by atoms with Crippen LogP contribution in [0.25, 0.3) is 10.9 Å². The van der Waals surface area contributed by atoms with Crippen molar-refractivity contribution < 1.29 is 9.53 Å². The highest BCUT2D eigenvalue weighted by atomic mass is 16.6. The first-order valence-electron chi connectivity index (χ1n) is 7.24. The number of rotatable bonds is 4. The number of fused-ring (bicyclic) bond motifs is 1. The molecule has 0 saturated heterocycles. The average molecular weight is 289 g/mol. The van der Waals surface area contributed by atoms with Gasteiger partial charge in [-0.15, -0.1) is 0 Å². The first-order chi connectivity index (χ1) is 9.85. The molecule has 2 aromatic rings. The molecule has 0 aliphatic rings. The minimum Gasteiger partial charge on any atom is -0.444 e. The Hall–Kier alpha value is -2.04. The van der Waals surface area contributed by atoms with Crippen molar-refractivity contribution >= 4 is 17.0 Å². The minimum absolute atomic E-state index is 0.372. The number of hydrogen-bond donors (Lipinski definition) is 1. The Kier molecular flexibility index (Phi) is 4.50. The van der Waals surface area contributed by atoms with E-state index in [1.165, 1.54) is 5.56 Å². The fourth-order valence-corrected chi connectivity index (χ4v) is 2.12. The Morgan fingerprint density at radius 2 is 2.14 bits per heavy atom. The molecule has 0 fully saturated rings. The lowest BCUT2D eigenvalue weighted by Crippen LogP contribution is -2.33. The maximum atomic E-state index is 11.5. The molecule has 1 aromatic carbocycles. The van der Waals surface area contributed by atoms with Crippen LogP contribution in [0.5, 0.6) is 0 Å². The van der Waals surface area contributed by atoms with Gasteiger partial charge in [0.2, 0.25) is 0 Å². The molecule has 0 spiro atoms. The van der Waals surface area contributed by atoms with Crippen molar-refractivity contribution in [2.75, 3.05) is 6.54 Å². The van der Waals surface area contributed by atoms with Gasteiger partial charge in [-0.2, -0.15) is 5.10 Å². The monoisotopic (exact) mass is 289 g/mol. The Bertz CT molecular complexity index is 626. The SMILES string of the molecule is Cc1ccc2c(cnn2CCCNC(=O)OC(C)(C)C)c1. The second kappa shape index (κ2) is 6.16. The highest BCUT2D eigenvalue weighted by molar-refractivity contribution is 5.79. The highest BCUT2D eigenvalue weighted by Gasteiger charge is 2.15. The van der Waals surface area contributed by atoms with Gasteiger partial charge in [0, 0.05) is 18.5 Å². The largest absolute Gasteiger partial charge is 0.444 e. The van der Waals surface area contributed by atoms with Crippen molar-refractivity contribution in [2.24, 2.45) is 0 Å². The van der Waals surface area contributed by atoms with Crippen LogP contribution >= 0.6 is 0 Å². The van der Waals surface area contributed by atoms with Crippen LogP contribution in [0, 0.1) is 6.92 Å². The molecule has 5 heteroatoms. The summed E-state index contributed by atoms with van der Waals surface area (Å²) in [6.45, 7) is 8.96. The summed E-state index contributed by atoms with van der Waals surface area (Å²) in [6, 6.07) is 6.29. The number of amides is 1. The molecule has 5 nitrogen and oxygen atoms in total. The van der Waals surface area contributed by atoms with Crippen LogP contribution in [0.15, 0.2) is 24.4 Å². The summed E-state index contributed by atoms with van der Waals surface area (Å²) in [5, 5.41) is 8.29. The first-order valence-corrected chi connectivity index (χ1v) is 7.24. The Balaban J connectivity index is 1.82. The lowest BCUT2D eigenvalue weighted by atomic mass is 10.2. The van der Waals surface area contributed by atoms with E-state index < -0.39 is 5.60 Å². The molecule has 0 unspecified atom stereocenters. The summed E-state index contributed by atoms with van der Waals surface area (Å²) in [4.78, 5) is 11.5. The third kappa shape index (κ3) is 4.48. The third-order valence-corrected chi connectivity index (χ3v) is 3.01. The van der Waals surface area contributed by atoms with Crippen LogP contribution < -0.4 is 5.32 Å². The molecule has 1 aromatic heterocycles. The van der Waals surface area contributed by atoms with Gasteiger partial charge < -0.3 is 10.1 Å². The van der Waals surface area contributed by atoms with Crippen molar-refractivity contribution in [1.29, 1.82) is 0 Å². The van der Waals surface area contributed by atoms with E-state index in [0.29, 0.717) is 6.54 Å². The lowest BCUT2D eigenvalue weighted by molar-refractivity contribution is 0.0526. The number of nitrogens with zero attached hydrogens (tertiary/aromatic N) is 2. The van der Waals surface area contributed by atoms with Gasteiger partial charge in [-0.05, 0) is 46.2 Å². The van der Waals surface area contributed by atoms with Crippen LogP contribution in [0.3, 0.4) is 0 Å². The van der Waals surface area contributed by atoms with E-state index in [1.807, 2.05) is 31.6 Å². The number of ether oxygens (including phenoxy) is 1. The molecule has 0 radical (unpaired) electrons. The third-order valence-electron chi connectivity index (χ3n) is 3.01. The zero-order valence-corrected chi connectivity index (χ0v) is 13.1. The number of alkyl carbamates (subject to hydrolysis) is 1. The molecule has 2 rings (SSSR count). The predicted octanol–water partition coefficient (Wildman–Crippen LogP) is 3.26. The fourth-order valence-electron chi connectivity index (χ4n) is 2.12. The van der Waals surface area contributed by atoms with E-state index in [9.17, 15) is 4.79 Å². The van der Waals surface area contributed by atoms with Gasteiger partial charge in [-0.3, -0.25) is 4.68 Å². The number of nitrogens with one attached hydrogen (secondary N) is 1. The first kappa shape index (κ1) is 15.4. The summed E-state index contributed by atoms with van der Waals surface area (Å²) in [6.07, 6.45) is 2.32. The second-order valence-electron chi connectivity index (χ2n) is 6.21. The van der Waals surface area contributed by atoms with Crippen molar-refractivity contribution in [3.63, 3.8) is 0 Å². The van der Waals surface area contributed by atoms with Gasteiger partial charge in [0.15, 0.2) is 0 Å². The quantitative estimate of drug-likeness (QED) is 0.879. The van der Waals surface area contributed by atoms with E-state index in [1.54, 1.807) is 0 Å². The molecule has 0 atom stereocenters. The minimum atomic E-state index is -0.458. The van der Waals surface area contributed by atoms with Gasteiger partial charge in [0.1, 0.15) is 5.60 Å². The van der Waals surface area contributed by atoms with Gasteiger partial charge in [-0.1, -0.05) is 11.6 Å². The lowest BCUT2D eigenvalue weighted by Gasteiger charge is -2.19. The Labute approximate surface area is 125 Å². The smallest absolute Gasteiger partial charge is 0.407 e. The summed E-state index contributed by atoms with van der Waals surface area (Å²) in [5.74, 6) is 0. The summed E-state index contributed by atoms with van der Waals surface area (Å²) in [7, 11) is 0. The number of hydrogen-bond acceptors (Lipinski definition) is 3. The summed E-state index contributed by atoms with van der Waals surface area (Å²) < 4.78 is 7.15. The summed E-state index contributed by atoms with van der Waals surface area (Å²) in [5.41, 5.74) is 1.90. The van der Waals surface area contributed by atoms with E-state index in [2.05, 4.69) is 35.5 Å². The maximum absolute atomic E-state index is 11.5. The van der Waals surface area contributed by atoms with E-state index in [4.69, 9.17) is 4.74 Å².